The molecule has 0 aliphatic rings. The largest absolute Gasteiger partial charge is 0.314 e. The van der Waals surface area contributed by atoms with Crippen molar-refractivity contribution in [3.63, 3.8) is 0 Å². The zero-order valence-electron chi connectivity index (χ0n) is 14.6. The maximum absolute atomic E-state index is 12.7. The fourth-order valence-electron chi connectivity index (χ4n) is 2.75. The third kappa shape index (κ3) is 3.08. The van der Waals surface area contributed by atoms with Crippen molar-refractivity contribution in [3.8, 4) is 5.69 Å². The number of aromatic nitrogens is 5. The molecule has 2 heterocycles. The number of carbonyl (C=O) groups is 1. The van der Waals surface area contributed by atoms with Crippen molar-refractivity contribution in [2.45, 2.75) is 6.54 Å². The predicted molar refractivity (Wildman–Crippen MR) is 101 cm³/mol. The SMILES string of the molecule is CN(C(=O)Cn1cnc2c(nnn2-c2ccccc2)c1=O)c1ccccc1. The van der Waals surface area contributed by atoms with Crippen molar-refractivity contribution in [2.24, 2.45) is 0 Å². The highest BCUT2D eigenvalue weighted by Crippen LogP contribution is 2.13. The van der Waals surface area contributed by atoms with E-state index in [4.69, 9.17) is 0 Å². The highest BCUT2D eigenvalue weighted by Gasteiger charge is 2.16. The lowest BCUT2D eigenvalue weighted by atomic mass is 10.3. The number of nitrogens with zero attached hydrogens (tertiary/aromatic N) is 6. The zero-order chi connectivity index (χ0) is 18.8. The summed E-state index contributed by atoms with van der Waals surface area (Å²) in [7, 11) is 1.67. The third-order valence-corrected chi connectivity index (χ3v) is 4.25. The summed E-state index contributed by atoms with van der Waals surface area (Å²) >= 11 is 0. The fourth-order valence-corrected chi connectivity index (χ4v) is 2.75. The minimum Gasteiger partial charge on any atom is -0.314 e. The molecule has 27 heavy (non-hydrogen) atoms. The number of benzene rings is 2. The number of carbonyl (C=O) groups excluding carboxylic acids is 1. The van der Waals surface area contributed by atoms with Crippen LogP contribution in [0.4, 0.5) is 5.69 Å². The summed E-state index contributed by atoms with van der Waals surface area (Å²) in [6, 6.07) is 18.5. The van der Waals surface area contributed by atoms with Gasteiger partial charge in [-0.25, -0.2) is 4.98 Å². The lowest BCUT2D eigenvalue weighted by molar-refractivity contribution is -0.118. The lowest BCUT2D eigenvalue weighted by Crippen LogP contribution is -2.34. The molecular formula is C19H16N6O2. The number of hydrogen-bond acceptors (Lipinski definition) is 5. The Morgan fingerprint density at radius 1 is 1.04 bits per heavy atom. The smallest absolute Gasteiger partial charge is 0.284 e. The molecule has 0 unspecified atom stereocenters. The molecule has 2 aromatic carbocycles. The Morgan fingerprint density at radius 2 is 1.70 bits per heavy atom. The molecule has 4 rings (SSSR count). The van der Waals surface area contributed by atoms with Crippen LogP contribution in [0, 0.1) is 0 Å². The topological polar surface area (TPSA) is 85.9 Å². The maximum atomic E-state index is 12.7. The molecule has 0 aliphatic heterocycles. The van der Waals surface area contributed by atoms with Crippen molar-refractivity contribution in [3.05, 3.63) is 77.3 Å². The summed E-state index contributed by atoms with van der Waals surface area (Å²) in [4.78, 5) is 31.0. The van der Waals surface area contributed by atoms with Gasteiger partial charge in [0, 0.05) is 12.7 Å². The molecule has 8 heteroatoms. The molecule has 0 saturated heterocycles. The van der Waals surface area contributed by atoms with Crippen LogP contribution >= 0.6 is 0 Å². The summed E-state index contributed by atoms with van der Waals surface area (Å²) in [5, 5.41) is 7.98. The molecule has 0 N–H and O–H groups in total. The Hall–Kier alpha value is -3.81. The Bertz CT molecular complexity index is 1150. The molecule has 0 atom stereocenters. The van der Waals surface area contributed by atoms with E-state index in [1.54, 1.807) is 7.05 Å². The molecule has 0 fully saturated rings. The summed E-state index contributed by atoms with van der Waals surface area (Å²) in [6.45, 7) is -0.134. The molecule has 1 amide bonds. The summed E-state index contributed by atoms with van der Waals surface area (Å²) < 4.78 is 2.74. The van der Waals surface area contributed by atoms with E-state index in [0.29, 0.717) is 5.65 Å². The first kappa shape index (κ1) is 16.6. The lowest BCUT2D eigenvalue weighted by Gasteiger charge is -2.17. The predicted octanol–water partition coefficient (Wildman–Crippen LogP) is 1.64. The third-order valence-electron chi connectivity index (χ3n) is 4.25. The van der Waals surface area contributed by atoms with Crippen LogP contribution < -0.4 is 10.5 Å². The van der Waals surface area contributed by atoms with Crippen molar-refractivity contribution in [1.29, 1.82) is 0 Å². The molecule has 2 aromatic heterocycles. The molecule has 0 spiro atoms. The molecule has 0 radical (unpaired) electrons. The highest BCUT2D eigenvalue weighted by molar-refractivity contribution is 5.92. The van der Waals surface area contributed by atoms with Crippen LogP contribution in [0.5, 0.6) is 0 Å². The van der Waals surface area contributed by atoms with Crippen LogP contribution in [0.15, 0.2) is 71.8 Å². The Kier molecular flexibility index (Phi) is 4.21. The van der Waals surface area contributed by atoms with E-state index in [-0.39, 0.29) is 18.0 Å². The van der Waals surface area contributed by atoms with Crippen molar-refractivity contribution >= 4 is 22.8 Å². The number of anilines is 1. The van der Waals surface area contributed by atoms with Gasteiger partial charge in [0.1, 0.15) is 12.9 Å². The average molecular weight is 360 g/mol. The van der Waals surface area contributed by atoms with Crippen LogP contribution in [0.25, 0.3) is 16.9 Å². The molecule has 8 nitrogen and oxygen atoms in total. The van der Waals surface area contributed by atoms with Crippen LogP contribution in [0.3, 0.4) is 0 Å². The Labute approximate surface area is 154 Å². The number of amides is 1. The summed E-state index contributed by atoms with van der Waals surface area (Å²) in [5.41, 5.74) is 1.57. The van der Waals surface area contributed by atoms with Gasteiger partial charge >= 0.3 is 0 Å². The van der Waals surface area contributed by atoms with Gasteiger partial charge in [0.05, 0.1) is 5.69 Å². The van der Waals surface area contributed by atoms with Gasteiger partial charge in [0.2, 0.25) is 5.91 Å². The first-order valence-electron chi connectivity index (χ1n) is 8.33. The van der Waals surface area contributed by atoms with Gasteiger partial charge in [-0.3, -0.25) is 14.2 Å². The van der Waals surface area contributed by atoms with E-state index in [0.717, 1.165) is 11.4 Å². The molecule has 134 valence electrons. The minimum atomic E-state index is -0.406. The Balaban J connectivity index is 1.65. The van der Waals surface area contributed by atoms with E-state index in [1.165, 1.54) is 20.5 Å². The van der Waals surface area contributed by atoms with E-state index < -0.39 is 5.56 Å². The number of likely N-dealkylation sites (N-methyl/N-ethyl adjacent to an activating group) is 1. The standard InChI is InChI=1S/C19H16N6O2/c1-23(14-8-4-2-5-9-14)16(26)12-24-13-20-18-17(19(24)27)21-22-25(18)15-10-6-3-7-11-15/h2-11,13H,12H2,1H3. The van der Waals surface area contributed by atoms with Crippen molar-refractivity contribution < 1.29 is 4.79 Å². The van der Waals surface area contributed by atoms with Gasteiger partial charge in [0.25, 0.3) is 5.56 Å². The van der Waals surface area contributed by atoms with Gasteiger partial charge in [-0.05, 0) is 24.3 Å². The molecule has 0 bridgehead atoms. The summed E-state index contributed by atoms with van der Waals surface area (Å²) in [5.74, 6) is -0.236. The second-order valence-electron chi connectivity index (χ2n) is 5.97. The zero-order valence-corrected chi connectivity index (χ0v) is 14.6. The minimum absolute atomic E-state index is 0.122. The van der Waals surface area contributed by atoms with Crippen molar-refractivity contribution in [2.75, 3.05) is 11.9 Å². The van der Waals surface area contributed by atoms with Crippen LogP contribution in [-0.2, 0) is 11.3 Å². The number of rotatable bonds is 4. The second kappa shape index (κ2) is 6.83. The van der Waals surface area contributed by atoms with E-state index >= 15 is 0 Å². The molecular weight excluding hydrogens is 344 g/mol. The number of hydrogen-bond donors (Lipinski definition) is 0. The Morgan fingerprint density at radius 3 is 2.41 bits per heavy atom. The number of fused-ring (bicyclic) bond motifs is 1. The monoisotopic (exact) mass is 360 g/mol. The first-order valence-corrected chi connectivity index (χ1v) is 8.33. The van der Waals surface area contributed by atoms with E-state index in [1.807, 2.05) is 60.7 Å². The van der Waals surface area contributed by atoms with Gasteiger partial charge in [-0.15, -0.1) is 5.10 Å². The van der Waals surface area contributed by atoms with Crippen LogP contribution in [0.1, 0.15) is 0 Å². The molecule has 4 aromatic rings. The van der Waals surface area contributed by atoms with Gasteiger partial charge in [-0.1, -0.05) is 41.6 Å². The normalized spacial score (nSPS) is 10.9. The first-order chi connectivity index (χ1) is 13.1. The van der Waals surface area contributed by atoms with Crippen LogP contribution in [0.2, 0.25) is 0 Å². The van der Waals surface area contributed by atoms with Crippen LogP contribution in [-0.4, -0.2) is 37.5 Å². The van der Waals surface area contributed by atoms with Crippen molar-refractivity contribution in [1.82, 2.24) is 24.5 Å². The van der Waals surface area contributed by atoms with E-state index in [2.05, 4.69) is 15.3 Å². The molecule has 0 aliphatic carbocycles. The van der Waals surface area contributed by atoms with E-state index in [9.17, 15) is 9.59 Å². The molecule has 0 saturated carbocycles. The second-order valence-corrected chi connectivity index (χ2v) is 5.97. The highest BCUT2D eigenvalue weighted by atomic mass is 16.2. The summed E-state index contributed by atoms with van der Waals surface area (Å²) in [6.07, 6.45) is 1.35. The van der Waals surface area contributed by atoms with Gasteiger partial charge < -0.3 is 4.90 Å². The van der Waals surface area contributed by atoms with Gasteiger partial charge in [0.15, 0.2) is 11.2 Å². The average Bonchev–Trinajstić information content (AvgIpc) is 3.15. The number of para-hydroxylation sites is 2. The maximum Gasteiger partial charge on any atom is 0.284 e. The van der Waals surface area contributed by atoms with Gasteiger partial charge in [-0.2, -0.15) is 4.68 Å². The fraction of sp³-hybridized carbons (Fsp3) is 0.105. The quantitative estimate of drug-likeness (QED) is 0.552.